The van der Waals surface area contributed by atoms with E-state index in [1.54, 1.807) is 6.07 Å². The van der Waals surface area contributed by atoms with Crippen LogP contribution in [0.1, 0.15) is 67.9 Å². The molecular formula is C30H35NO6S. The second kappa shape index (κ2) is 9.35. The van der Waals surface area contributed by atoms with Crippen LogP contribution in [0.4, 0.5) is 0 Å². The first-order valence-electron chi connectivity index (χ1n) is 13.2. The molecule has 202 valence electrons. The van der Waals surface area contributed by atoms with Gasteiger partial charge in [-0.05, 0) is 96.7 Å². The average molecular weight is 538 g/mol. The summed E-state index contributed by atoms with van der Waals surface area (Å²) in [5.74, 6) is 0.735. The van der Waals surface area contributed by atoms with Gasteiger partial charge in [-0.15, -0.1) is 6.58 Å². The Kier molecular flexibility index (Phi) is 6.55. The molecule has 6 atom stereocenters. The molecule has 2 N–H and O–H groups in total. The minimum absolute atomic E-state index is 0.0218. The lowest BCUT2D eigenvalue weighted by Gasteiger charge is -2.57. The summed E-state index contributed by atoms with van der Waals surface area (Å²) in [6.45, 7) is 10.3. The number of carbonyl (C=O) groups excluding carboxylic acids is 2. The second-order valence-electron chi connectivity index (χ2n) is 11.7. The fraction of sp³-hybridized carbons (Fsp3) is 0.467. The largest absolute Gasteiger partial charge is 0.459 e. The monoisotopic (exact) mass is 537 g/mol. The van der Waals surface area contributed by atoms with Crippen molar-refractivity contribution in [3.63, 3.8) is 0 Å². The Hall–Kier alpha value is -2.97. The summed E-state index contributed by atoms with van der Waals surface area (Å²) >= 11 is 0. The Morgan fingerprint density at radius 2 is 1.92 bits per heavy atom. The van der Waals surface area contributed by atoms with Gasteiger partial charge in [-0.25, -0.2) is 18.4 Å². The SMILES string of the molecule is C=C[C@]12CC[C@]3(C)C[C@H](OC(=O)c4cccc(S(N)(=O)=O)c4)CC3C1[C@H](C)Cc1cc(OC(C)=O)ccc12. The molecule has 0 aromatic heterocycles. The zero-order valence-electron chi connectivity index (χ0n) is 22.1. The first kappa shape index (κ1) is 26.6. The summed E-state index contributed by atoms with van der Waals surface area (Å²) in [6.07, 6.45) is 6.20. The quantitative estimate of drug-likeness (QED) is 0.329. The first-order chi connectivity index (χ1) is 17.9. The lowest BCUT2D eigenvalue weighted by atomic mass is 9.46. The molecule has 2 saturated carbocycles. The number of primary sulfonamides is 1. The van der Waals surface area contributed by atoms with Gasteiger partial charge in [0, 0.05) is 12.3 Å². The van der Waals surface area contributed by atoms with E-state index in [-0.39, 0.29) is 33.4 Å². The van der Waals surface area contributed by atoms with Gasteiger partial charge < -0.3 is 9.47 Å². The highest BCUT2D eigenvalue weighted by atomic mass is 32.2. The molecule has 3 aliphatic rings. The number of benzene rings is 2. The summed E-state index contributed by atoms with van der Waals surface area (Å²) in [6, 6.07) is 11.7. The van der Waals surface area contributed by atoms with Crippen LogP contribution in [-0.2, 0) is 31.4 Å². The van der Waals surface area contributed by atoms with Crippen molar-refractivity contribution >= 4 is 22.0 Å². The van der Waals surface area contributed by atoms with Crippen LogP contribution in [0.3, 0.4) is 0 Å². The molecule has 0 heterocycles. The fourth-order valence-corrected chi connectivity index (χ4v) is 8.34. The van der Waals surface area contributed by atoms with Crippen LogP contribution in [0.2, 0.25) is 0 Å². The van der Waals surface area contributed by atoms with E-state index >= 15 is 0 Å². The molecule has 0 aliphatic heterocycles. The molecule has 38 heavy (non-hydrogen) atoms. The lowest BCUT2D eigenvalue weighted by molar-refractivity contribution is -0.131. The van der Waals surface area contributed by atoms with Gasteiger partial charge in [-0.2, -0.15) is 0 Å². The molecule has 0 radical (unpaired) electrons. The second-order valence-corrected chi connectivity index (χ2v) is 13.2. The molecule has 0 bridgehead atoms. The minimum atomic E-state index is -3.92. The van der Waals surface area contributed by atoms with Crippen LogP contribution in [0.5, 0.6) is 5.75 Å². The number of rotatable bonds is 5. The van der Waals surface area contributed by atoms with Crippen LogP contribution in [-0.4, -0.2) is 26.5 Å². The normalized spacial score (nSPS) is 31.9. The van der Waals surface area contributed by atoms with Gasteiger partial charge >= 0.3 is 11.9 Å². The summed E-state index contributed by atoms with van der Waals surface area (Å²) < 4.78 is 34.8. The van der Waals surface area contributed by atoms with Gasteiger partial charge in [0.1, 0.15) is 11.9 Å². The van der Waals surface area contributed by atoms with E-state index in [0.717, 1.165) is 32.1 Å². The Morgan fingerprint density at radius 1 is 1.16 bits per heavy atom. The number of hydrogen-bond acceptors (Lipinski definition) is 6. The standard InChI is InChI=1S/C30H35NO6S/c1-5-30-12-11-29(4)17-23(37-28(33)20-7-6-8-24(15-20)38(31,34)35)16-26(29)27(30)18(2)13-21-14-22(36-19(3)32)9-10-25(21)30/h5-10,14-15,18,23,26-27H,1,11-13,16-17H2,2-4H3,(H2,31,34,35)/t18-,23-,26?,27?,29-,30-/m1/s1. The van der Waals surface area contributed by atoms with Gasteiger partial charge in [-0.3, -0.25) is 4.79 Å². The third-order valence-corrected chi connectivity index (χ3v) is 10.2. The summed E-state index contributed by atoms with van der Waals surface area (Å²) in [5.41, 5.74) is 2.46. The predicted molar refractivity (Wildman–Crippen MR) is 143 cm³/mol. The summed E-state index contributed by atoms with van der Waals surface area (Å²) in [4.78, 5) is 24.4. The minimum Gasteiger partial charge on any atom is -0.459 e. The topological polar surface area (TPSA) is 113 Å². The smallest absolute Gasteiger partial charge is 0.338 e. The first-order valence-corrected chi connectivity index (χ1v) is 14.7. The number of ether oxygens (including phenoxy) is 2. The van der Waals surface area contributed by atoms with Crippen LogP contribution in [0.25, 0.3) is 0 Å². The van der Waals surface area contributed by atoms with Crippen molar-refractivity contribution in [1.82, 2.24) is 0 Å². The van der Waals surface area contributed by atoms with Crippen LogP contribution < -0.4 is 9.88 Å². The van der Waals surface area contributed by atoms with Crippen LogP contribution >= 0.6 is 0 Å². The van der Waals surface area contributed by atoms with Crippen molar-refractivity contribution in [1.29, 1.82) is 0 Å². The molecule has 0 spiro atoms. The molecule has 5 rings (SSSR count). The number of fused-ring (bicyclic) bond motifs is 5. The van der Waals surface area contributed by atoms with Gasteiger partial charge in [0.15, 0.2) is 0 Å². The fourth-order valence-electron chi connectivity index (χ4n) is 7.78. The van der Waals surface area contributed by atoms with Crippen molar-refractivity contribution < 1.29 is 27.5 Å². The highest BCUT2D eigenvalue weighted by Gasteiger charge is 2.60. The molecule has 3 aliphatic carbocycles. The van der Waals surface area contributed by atoms with E-state index in [1.165, 1.54) is 36.2 Å². The van der Waals surface area contributed by atoms with E-state index in [2.05, 4.69) is 32.6 Å². The van der Waals surface area contributed by atoms with E-state index in [0.29, 0.717) is 23.5 Å². The van der Waals surface area contributed by atoms with E-state index in [9.17, 15) is 18.0 Å². The lowest BCUT2D eigenvalue weighted by Crippen LogP contribution is -2.52. The molecule has 2 aromatic rings. The van der Waals surface area contributed by atoms with Crippen LogP contribution in [0.15, 0.2) is 60.0 Å². The van der Waals surface area contributed by atoms with E-state index in [4.69, 9.17) is 14.6 Å². The van der Waals surface area contributed by atoms with Crippen molar-refractivity contribution in [3.05, 3.63) is 71.8 Å². The Morgan fingerprint density at radius 3 is 2.61 bits per heavy atom. The molecule has 0 amide bonds. The number of nitrogens with two attached hydrogens (primary N) is 1. The molecule has 8 heteroatoms. The summed E-state index contributed by atoms with van der Waals surface area (Å²) in [5, 5.41) is 5.24. The number of sulfonamides is 1. The van der Waals surface area contributed by atoms with Gasteiger partial charge in [0.25, 0.3) is 0 Å². The number of hydrogen-bond donors (Lipinski definition) is 1. The maximum Gasteiger partial charge on any atom is 0.338 e. The maximum absolute atomic E-state index is 13.0. The Labute approximate surface area is 224 Å². The van der Waals surface area contributed by atoms with E-state index in [1.807, 2.05) is 12.1 Å². The van der Waals surface area contributed by atoms with Gasteiger partial charge in [0.05, 0.1) is 10.5 Å². The molecule has 2 unspecified atom stereocenters. The molecular weight excluding hydrogens is 502 g/mol. The number of carbonyl (C=O) groups is 2. The third kappa shape index (κ3) is 4.47. The third-order valence-electron chi connectivity index (χ3n) is 9.27. The predicted octanol–water partition coefficient (Wildman–Crippen LogP) is 4.93. The van der Waals surface area contributed by atoms with Gasteiger partial charge in [0.2, 0.25) is 10.0 Å². The molecule has 0 saturated heterocycles. The van der Waals surface area contributed by atoms with Crippen molar-refractivity contribution in [2.75, 3.05) is 0 Å². The Balaban J connectivity index is 1.41. The van der Waals surface area contributed by atoms with Gasteiger partial charge in [-0.1, -0.05) is 32.1 Å². The highest BCUT2D eigenvalue weighted by molar-refractivity contribution is 7.89. The van der Waals surface area contributed by atoms with Crippen molar-refractivity contribution in [2.24, 2.45) is 28.3 Å². The molecule has 2 fully saturated rings. The van der Waals surface area contributed by atoms with Crippen LogP contribution in [0, 0.1) is 23.2 Å². The molecule has 2 aromatic carbocycles. The van der Waals surface area contributed by atoms with Crippen molar-refractivity contribution in [3.8, 4) is 5.75 Å². The summed E-state index contributed by atoms with van der Waals surface area (Å²) in [7, 11) is -3.92. The van der Waals surface area contributed by atoms with E-state index < -0.39 is 16.0 Å². The number of allylic oxidation sites excluding steroid dienone is 1. The molecule has 7 nitrogen and oxygen atoms in total. The zero-order valence-corrected chi connectivity index (χ0v) is 22.9. The highest BCUT2D eigenvalue weighted by Crippen LogP contribution is 2.65. The maximum atomic E-state index is 13.0. The average Bonchev–Trinajstić information content (AvgIpc) is 3.18. The zero-order chi connectivity index (χ0) is 27.5. The van der Waals surface area contributed by atoms with Crippen molar-refractivity contribution in [2.45, 2.75) is 69.3 Å². The number of esters is 2. The Bertz CT molecular complexity index is 1420.